The number of aliphatic hydroxyl groups excluding tert-OH is 1. The van der Waals surface area contributed by atoms with Gasteiger partial charge in [0.1, 0.15) is 37.1 Å². The van der Waals surface area contributed by atoms with Crippen molar-refractivity contribution in [3.05, 3.63) is 37.0 Å². The lowest BCUT2D eigenvalue weighted by molar-refractivity contribution is -0.364. The summed E-state index contributed by atoms with van der Waals surface area (Å²) in [6.07, 6.45) is 9.10. The SMILES string of the molecule is C=CCOC(=O)NC[C@@H]1CC[C@@H]2O[C@]3(CC[C@H](O)[C@H](C[C@H]4CC5OC6C[C@H]7OC(=O)C[C@H]8CC[C@@H]9O[C@@H]%10C(OC)[C@@H](O[C@@]%11(CC[C@H]%12CC(=C)[C@H](CC[C@H]%13CCC(=C)[C@@H](C[C@@H]7O[C@H]6C[C@H]5O4)O%13)O%12)CC[C@@H]%10O%11)[C@H]9O8)O3)C[C@H](C)[C@@H]2O1. The van der Waals surface area contributed by atoms with Crippen LogP contribution in [0.25, 0.3) is 0 Å². The topological polar surface area (TPSA) is 205 Å². The van der Waals surface area contributed by atoms with Crippen molar-refractivity contribution in [3.8, 4) is 0 Å². The predicted molar refractivity (Wildman–Crippen MR) is 279 cm³/mol. The number of rotatable bonds is 7. The van der Waals surface area contributed by atoms with Crippen molar-refractivity contribution in [3.63, 3.8) is 0 Å². The minimum absolute atomic E-state index is 0.0115. The highest BCUT2D eigenvalue weighted by molar-refractivity contribution is 5.70. The van der Waals surface area contributed by atoms with Crippen LogP contribution in [-0.4, -0.2) is 189 Å². The molecule has 2 N–H and O–H groups in total. The number of alkyl carbamates (subject to hydrolysis) is 1. The van der Waals surface area contributed by atoms with Gasteiger partial charge in [-0.05, 0) is 94.1 Å². The number of ether oxygens (including phenoxy) is 15. The molecule has 0 radical (unpaired) electrons. The van der Waals surface area contributed by atoms with Crippen LogP contribution in [0, 0.1) is 5.92 Å². The number of hydrogen-bond acceptors (Lipinski definition) is 18. The minimum atomic E-state index is -0.837. The van der Waals surface area contributed by atoms with E-state index in [1.54, 1.807) is 7.11 Å². The van der Waals surface area contributed by atoms with Gasteiger partial charge in [-0.3, -0.25) is 4.79 Å². The summed E-state index contributed by atoms with van der Waals surface area (Å²) < 4.78 is 100. The Kier molecular flexibility index (Phi) is 16.3. The third-order valence-corrected chi connectivity index (χ3v) is 20.3. The number of esters is 1. The van der Waals surface area contributed by atoms with Gasteiger partial charge in [0.2, 0.25) is 0 Å². The van der Waals surface area contributed by atoms with Gasteiger partial charge in [-0.1, -0.05) is 32.7 Å². The molecule has 13 aliphatic rings. The van der Waals surface area contributed by atoms with E-state index in [-0.39, 0.29) is 123 Å². The third kappa shape index (κ3) is 11.6. The molecule has 0 aromatic rings. The average molecular weight is 1110 g/mol. The van der Waals surface area contributed by atoms with Crippen LogP contribution in [0.3, 0.4) is 0 Å². The predicted octanol–water partition coefficient (Wildman–Crippen LogP) is 6.66. The van der Waals surface area contributed by atoms with E-state index in [2.05, 4.69) is 32.0 Å². The van der Waals surface area contributed by atoms with Crippen molar-refractivity contribution >= 4 is 12.1 Å². The molecule has 0 saturated carbocycles. The summed E-state index contributed by atoms with van der Waals surface area (Å²) in [6, 6.07) is 0. The molecule has 13 saturated heterocycles. The number of fused-ring (bicyclic) bond motifs is 12. The number of aliphatic hydroxyl groups is 1. The van der Waals surface area contributed by atoms with Crippen molar-refractivity contribution in [2.45, 2.75) is 300 Å². The summed E-state index contributed by atoms with van der Waals surface area (Å²) in [5.74, 6) is -1.86. The zero-order chi connectivity index (χ0) is 54.2. The fraction of sp³-hybridized carbons (Fsp3) is 0.867. The van der Waals surface area contributed by atoms with Crippen LogP contribution in [0.4, 0.5) is 4.79 Å². The Morgan fingerprint density at radius 1 is 0.633 bits per heavy atom. The largest absolute Gasteiger partial charge is 0.459 e. The lowest BCUT2D eigenvalue weighted by Crippen LogP contribution is -2.64. The van der Waals surface area contributed by atoms with E-state index in [1.165, 1.54) is 6.08 Å². The van der Waals surface area contributed by atoms with Crippen LogP contribution in [-0.2, 0) is 75.8 Å². The van der Waals surface area contributed by atoms with E-state index in [0.29, 0.717) is 77.2 Å². The molecule has 0 aliphatic carbocycles. The molecule has 13 fully saturated rings. The minimum Gasteiger partial charge on any atom is -0.459 e. The molecule has 2 spiro atoms. The molecule has 1 amide bonds. The highest BCUT2D eigenvalue weighted by Crippen LogP contribution is 2.51. The number of methoxy groups -OCH3 is 1. The normalized spacial score (nSPS) is 50.6. The molecular weight excluding hydrogens is 1020 g/mol. The maximum absolute atomic E-state index is 14.4. The van der Waals surface area contributed by atoms with Gasteiger partial charge in [0.15, 0.2) is 11.6 Å². The van der Waals surface area contributed by atoms with Crippen LogP contribution in [0.5, 0.6) is 0 Å². The summed E-state index contributed by atoms with van der Waals surface area (Å²) in [5.41, 5.74) is 2.15. The fourth-order valence-corrected chi connectivity index (χ4v) is 16.3. The Labute approximate surface area is 464 Å². The quantitative estimate of drug-likeness (QED) is 0.202. The molecule has 19 heteroatoms. The van der Waals surface area contributed by atoms with Gasteiger partial charge in [-0.25, -0.2) is 4.79 Å². The second-order valence-electron chi connectivity index (χ2n) is 25.7. The summed E-state index contributed by atoms with van der Waals surface area (Å²) in [5, 5.41) is 14.3. The van der Waals surface area contributed by atoms with Crippen molar-refractivity contribution < 1.29 is 85.7 Å². The van der Waals surface area contributed by atoms with Crippen molar-refractivity contribution in [1.82, 2.24) is 5.32 Å². The van der Waals surface area contributed by atoms with Gasteiger partial charge in [0, 0.05) is 71.4 Å². The molecule has 26 atom stereocenters. The molecule has 10 bridgehead atoms. The van der Waals surface area contributed by atoms with E-state index in [9.17, 15) is 14.7 Å². The molecule has 440 valence electrons. The molecule has 3 unspecified atom stereocenters. The van der Waals surface area contributed by atoms with E-state index >= 15 is 0 Å². The van der Waals surface area contributed by atoms with Crippen LogP contribution < -0.4 is 5.32 Å². The van der Waals surface area contributed by atoms with Crippen molar-refractivity contribution in [1.29, 1.82) is 0 Å². The molecular formula is C60H87NO18. The first-order valence-corrected chi connectivity index (χ1v) is 30.5. The van der Waals surface area contributed by atoms with Crippen molar-refractivity contribution in [2.24, 2.45) is 5.92 Å². The first-order valence-electron chi connectivity index (χ1n) is 30.5. The van der Waals surface area contributed by atoms with E-state index < -0.39 is 60.4 Å². The van der Waals surface area contributed by atoms with Crippen LogP contribution in [0.15, 0.2) is 37.0 Å². The zero-order valence-corrected chi connectivity index (χ0v) is 46.4. The maximum Gasteiger partial charge on any atom is 0.407 e. The number of carbonyl (C=O) groups excluding carboxylic acids is 2. The van der Waals surface area contributed by atoms with Gasteiger partial charge in [0.25, 0.3) is 0 Å². The first-order chi connectivity index (χ1) is 38.3. The summed E-state index contributed by atoms with van der Waals surface area (Å²) in [7, 11) is 1.71. The summed E-state index contributed by atoms with van der Waals surface area (Å²) in [6.45, 7) is 15.3. The second-order valence-corrected chi connectivity index (χ2v) is 25.7. The summed E-state index contributed by atoms with van der Waals surface area (Å²) in [4.78, 5) is 26.4. The van der Waals surface area contributed by atoms with Gasteiger partial charge < -0.3 is 81.5 Å². The van der Waals surface area contributed by atoms with E-state index in [4.69, 9.17) is 71.1 Å². The standard InChI is InChI=1S/C60H87NO18/c1-6-21-66-58(64)61-30-37-11-14-42-53(71-37)33(4)29-60(77-42)19-16-39(62)45(78-60)23-38-24-46-47(69-38)27-49-50(72-46)28-51-48(73-49)26-44-31(2)7-8-34(67-44)9-12-40-32(3)22-36(68-40)15-18-59-20-17-43(76-59)55-56(65-5)57(79-59)54-41(75-55)13-10-35(70-54)25-52(63)74-51/h6,33-51,53-57,62H,1-3,7-30H2,4-5H3,(H,61,64)/t33-,34+,35+,36-,37-,38-,39-,40-,41-,42-,43-,44+,45-,46?,47+,48-,49-,50?,51+,53-,54-,55-,56?,57-,59-,60-/m0/s1. The molecule has 79 heavy (non-hydrogen) atoms. The van der Waals surface area contributed by atoms with Gasteiger partial charge >= 0.3 is 12.1 Å². The van der Waals surface area contributed by atoms with Gasteiger partial charge in [-0.2, -0.15) is 0 Å². The van der Waals surface area contributed by atoms with E-state index in [1.807, 2.05) is 0 Å². The third-order valence-electron chi connectivity index (χ3n) is 20.3. The molecule has 0 aromatic heterocycles. The molecule has 13 rings (SSSR count). The summed E-state index contributed by atoms with van der Waals surface area (Å²) >= 11 is 0. The number of carbonyl (C=O) groups is 2. The van der Waals surface area contributed by atoms with Crippen LogP contribution >= 0.6 is 0 Å². The lowest BCUT2D eigenvalue weighted by atomic mass is 9.81. The van der Waals surface area contributed by atoms with E-state index in [0.717, 1.165) is 75.4 Å². The lowest BCUT2D eigenvalue weighted by Gasteiger charge is -2.53. The Morgan fingerprint density at radius 2 is 1.35 bits per heavy atom. The zero-order valence-electron chi connectivity index (χ0n) is 46.4. The Hall–Kier alpha value is -2.60. The van der Waals surface area contributed by atoms with Crippen LogP contribution in [0.1, 0.15) is 148 Å². The first kappa shape index (κ1) is 55.6. The molecule has 19 nitrogen and oxygen atoms in total. The maximum atomic E-state index is 14.4. The highest BCUT2D eigenvalue weighted by Gasteiger charge is 2.62. The Balaban J connectivity index is 0.674. The van der Waals surface area contributed by atoms with Crippen molar-refractivity contribution in [2.75, 3.05) is 20.3 Å². The van der Waals surface area contributed by atoms with Gasteiger partial charge in [0.05, 0.1) is 116 Å². The number of hydrogen-bond donors (Lipinski definition) is 2. The Morgan fingerprint density at radius 3 is 2.20 bits per heavy atom. The second kappa shape index (κ2) is 23.1. The number of amides is 1. The molecule has 13 aliphatic heterocycles. The van der Waals surface area contributed by atoms with Crippen LogP contribution in [0.2, 0.25) is 0 Å². The molecule has 13 heterocycles. The highest BCUT2D eigenvalue weighted by atomic mass is 16.8. The average Bonchev–Trinajstić information content (AvgIpc) is 4.22. The van der Waals surface area contributed by atoms with Gasteiger partial charge in [-0.15, -0.1) is 0 Å². The Bertz CT molecular complexity index is 2240. The monoisotopic (exact) mass is 1110 g/mol. The fourth-order valence-electron chi connectivity index (χ4n) is 16.3. The number of nitrogens with one attached hydrogen (secondary N) is 1. The molecule has 0 aromatic carbocycles. The smallest absolute Gasteiger partial charge is 0.407 e.